The zero-order chi connectivity index (χ0) is 12.0. The lowest BCUT2D eigenvalue weighted by Gasteiger charge is -2.14. The number of hydrogen-bond donors (Lipinski definition) is 1. The molecule has 0 fully saturated rings. The maximum absolute atomic E-state index is 10.7. The number of aliphatic hydroxyl groups is 1. The van der Waals surface area contributed by atoms with Gasteiger partial charge >= 0.3 is 5.97 Å². The average molecular weight is 224 g/mol. The molecule has 1 rings (SSSR count). The van der Waals surface area contributed by atoms with Gasteiger partial charge in [0.15, 0.2) is 0 Å². The van der Waals surface area contributed by atoms with E-state index in [0.717, 1.165) is 11.3 Å². The van der Waals surface area contributed by atoms with Gasteiger partial charge in [0, 0.05) is 12.8 Å². The van der Waals surface area contributed by atoms with E-state index in [-0.39, 0.29) is 25.1 Å². The molecule has 1 atom stereocenters. The third-order valence-electron chi connectivity index (χ3n) is 2.30. The molecule has 1 N–H and O–H groups in total. The molecule has 0 aromatic heterocycles. The van der Waals surface area contributed by atoms with Crippen LogP contribution in [0.25, 0.3) is 0 Å². The maximum Gasteiger partial charge on any atom is 0.302 e. The maximum atomic E-state index is 10.7. The third kappa shape index (κ3) is 3.55. The van der Waals surface area contributed by atoms with Crippen LogP contribution < -0.4 is 4.74 Å². The van der Waals surface area contributed by atoms with Gasteiger partial charge in [-0.05, 0) is 17.7 Å². The third-order valence-corrected chi connectivity index (χ3v) is 2.30. The summed E-state index contributed by atoms with van der Waals surface area (Å²) in [5.74, 6) is 0.231. The van der Waals surface area contributed by atoms with Gasteiger partial charge in [0.2, 0.25) is 0 Å². The number of hydrogen-bond acceptors (Lipinski definition) is 4. The zero-order valence-electron chi connectivity index (χ0n) is 9.47. The van der Waals surface area contributed by atoms with Crippen molar-refractivity contribution in [2.75, 3.05) is 20.3 Å². The Labute approximate surface area is 94.8 Å². The van der Waals surface area contributed by atoms with Crippen LogP contribution in [0, 0.1) is 0 Å². The van der Waals surface area contributed by atoms with Crippen molar-refractivity contribution in [3.63, 3.8) is 0 Å². The molecule has 0 spiro atoms. The van der Waals surface area contributed by atoms with Gasteiger partial charge in [-0.15, -0.1) is 0 Å². The molecule has 0 heterocycles. The predicted molar refractivity (Wildman–Crippen MR) is 59.5 cm³/mol. The number of ether oxygens (including phenoxy) is 2. The van der Waals surface area contributed by atoms with Gasteiger partial charge in [-0.2, -0.15) is 0 Å². The van der Waals surface area contributed by atoms with Gasteiger partial charge < -0.3 is 14.6 Å². The Hall–Kier alpha value is -1.55. The van der Waals surface area contributed by atoms with Gasteiger partial charge in [0.25, 0.3) is 0 Å². The highest BCUT2D eigenvalue weighted by Crippen LogP contribution is 2.19. The van der Waals surface area contributed by atoms with Crippen molar-refractivity contribution in [1.29, 1.82) is 0 Å². The fourth-order valence-electron chi connectivity index (χ4n) is 1.35. The molecule has 4 heteroatoms. The van der Waals surface area contributed by atoms with Crippen LogP contribution in [0.5, 0.6) is 5.75 Å². The minimum atomic E-state index is -0.341. The molecule has 16 heavy (non-hydrogen) atoms. The summed E-state index contributed by atoms with van der Waals surface area (Å²) in [7, 11) is 1.59. The summed E-state index contributed by atoms with van der Waals surface area (Å²) >= 11 is 0. The minimum absolute atomic E-state index is 0.0559. The Balaban J connectivity index is 2.66. The Morgan fingerprint density at radius 2 is 2.00 bits per heavy atom. The van der Waals surface area contributed by atoms with Crippen LogP contribution in [0.4, 0.5) is 0 Å². The van der Waals surface area contributed by atoms with Gasteiger partial charge in [-0.25, -0.2) is 0 Å². The molecule has 0 saturated carbocycles. The van der Waals surface area contributed by atoms with Crippen molar-refractivity contribution >= 4 is 5.97 Å². The van der Waals surface area contributed by atoms with Crippen LogP contribution in [0.2, 0.25) is 0 Å². The molecule has 0 radical (unpaired) electrons. The molecule has 0 saturated heterocycles. The second-order valence-corrected chi connectivity index (χ2v) is 3.46. The van der Waals surface area contributed by atoms with Crippen molar-refractivity contribution in [2.45, 2.75) is 12.8 Å². The van der Waals surface area contributed by atoms with E-state index in [0.29, 0.717) is 0 Å². The van der Waals surface area contributed by atoms with E-state index in [1.54, 1.807) is 7.11 Å². The first kappa shape index (κ1) is 12.5. The van der Waals surface area contributed by atoms with Crippen molar-refractivity contribution in [3.05, 3.63) is 29.8 Å². The highest BCUT2D eigenvalue weighted by molar-refractivity contribution is 5.65. The van der Waals surface area contributed by atoms with Crippen LogP contribution in [0.3, 0.4) is 0 Å². The van der Waals surface area contributed by atoms with E-state index in [2.05, 4.69) is 0 Å². The van der Waals surface area contributed by atoms with Crippen LogP contribution in [-0.4, -0.2) is 31.4 Å². The van der Waals surface area contributed by atoms with E-state index in [9.17, 15) is 9.90 Å². The Morgan fingerprint density at radius 1 is 1.38 bits per heavy atom. The first-order chi connectivity index (χ1) is 7.67. The highest BCUT2D eigenvalue weighted by Gasteiger charge is 2.12. The molecule has 88 valence electrons. The molecule has 0 bridgehead atoms. The first-order valence-corrected chi connectivity index (χ1v) is 5.05. The quantitative estimate of drug-likeness (QED) is 0.767. The van der Waals surface area contributed by atoms with Gasteiger partial charge in [-0.3, -0.25) is 4.79 Å². The molecular formula is C12H16O4. The second kappa shape index (κ2) is 6.12. The van der Waals surface area contributed by atoms with Crippen molar-refractivity contribution in [1.82, 2.24) is 0 Å². The molecule has 1 unspecified atom stereocenters. The molecule has 4 nitrogen and oxygen atoms in total. The van der Waals surface area contributed by atoms with E-state index in [1.165, 1.54) is 6.92 Å². The number of carbonyl (C=O) groups excluding carboxylic acids is 1. The fraction of sp³-hybridized carbons (Fsp3) is 0.417. The van der Waals surface area contributed by atoms with Crippen molar-refractivity contribution in [3.8, 4) is 5.75 Å². The smallest absolute Gasteiger partial charge is 0.302 e. The van der Waals surface area contributed by atoms with Crippen LogP contribution >= 0.6 is 0 Å². The van der Waals surface area contributed by atoms with Crippen LogP contribution in [0.1, 0.15) is 18.4 Å². The predicted octanol–water partition coefficient (Wildman–Crippen LogP) is 1.33. The number of carbonyl (C=O) groups is 1. The summed E-state index contributed by atoms with van der Waals surface area (Å²) in [6, 6.07) is 7.32. The molecule has 0 aliphatic carbocycles. The number of esters is 1. The lowest BCUT2D eigenvalue weighted by atomic mass is 10.0. The average Bonchev–Trinajstić information content (AvgIpc) is 2.30. The summed E-state index contributed by atoms with van der Waals surface area (Å²) in [4.78, 5) is 10.7. The standard InChI is InChI=1S/C12H16O4/c1-9(14)16-8-11(7-13)10-3-5-12(15-2)6-4-10/h3-6,11,13H,7-8H2,1-2H3. The zero-order valence-corrected chi connectivity index (χ0v) is 9.47. The molecule has 1 aromatic rings. The lowest BCUT2D eigenvalue weighted by Crippen LogP contribution is -2.14. The second-order valence-electron chi connectivity index (χ2n) is 3.46. The minimum Gasteiger partial charge on any atom is -0.497 e. The monoisotopic (exact) mass is 224 g/mol. The van der Waals surface area contributed by atoms with Crippen molar-refractivity contribution in [2.24, 2.45) is 0 Å². The first-order valence-electron chi connectivity index (χ1n) is 5.05. The largest absolute Gasteiger partial charge is 0.497 e. The van der Waals surface area contributed by atoms with Gasteiger partial charge in [0.1, 0.15) is 12.4 Å². The molecule has 0 aliphatic rings. The normalized spacial score (nSPS) is 11.9. The number of methoxy groups -OCH3 is 1. The molecule has 1 aromatic carbocycles. The number of aliphatic hydroxyl groups excluding tert-OH is 1. The molecule has 0 amide bonds. The van der Waals surface area contributed by atoms with E-state index in [1.807, 2.05) is 24.3 Å². The fourth-order valence-corrected chi connectivity index (χ4v) is 1.35. The van der Waals surface area contributed by atoms with Gasteiger partial charge in [0.05, 0.1) is 13.7 Å². The summed E-state index contributed by atoms with van der Waals surface area (Å²) in [5.41, 5.74) is 0.921. The summed E-state index contributed by atoms with van der Waals surface area (Å²) < 4.78 is 9.91. The van der Waals surface area contributed by atoms with Crippen molar-refractivity contribution < 1.29 is 19.4 Å². The Morgan fingerprint density at radius 3 is 2.44 bits per heavy atom. The topological polar surface area (TPSA) is 55.8 Å². The Bertz CT molecular complexity index is 331. The number of benzene rings is 1. The summed E-state index contributed by atoms with van der Waals surface area (Å²) in [6.45, 7) is 1.49. The summed E-state index contributed by atoms with van der Waals surface area (Å²) in [5, 5.41) is 9.20. The lowest BCUT2D eigenvalue weighted by molar-refractivity contribution is -0.141. The summed E-state index contributed by atoms with van der Waals surface area (Å²) in [6.07, 6.45) is 0. The Kier molecular flexibility index (Phi) is 4.79. The molecular weight excluding hydrogens is 208 g/mol. The van der Waals surface area contributed by atoms with Crippen LogP contribution in [0.15, 0.2) is 24.3 Å². The SMILES string of the molecule is COc1ccc(C(CO)COC(C)=O)cc1. The van der Waals surface area contributed by atoms with E-state index in [4.69, 9.17) is 9.47 Å². The molecule has 0 aliphatic heterocycles. The van der Waals surface area contributed by atoms with Crippen LogP contribution in [-0.2, 0) is 9.53 Å². The van der Waals surface area contributed by atoms with Gasteiger partial charge in [-0.1, -0.05) is 12.1 Å². The highest BCUT2D eigenvalue weighted by atomic mass is 16.5. The van der Waals surface area contributed by atoms with E-state index < -0.39 is 0 Å². The number of rotatable bonds is 5. The van der Waals surface area contributed by atoms with E-state index >= 15 is 0 Å².